The molecular weight excluding hydrogens is 283 g/mol. The Kier molecular flexibility index (Phi) is 3.60. The molecule has 0 spiro atoms. The van der Waals surface area contributed by atoms with Crippen molar-refractivity contribution in [3.63, 3.8) is 0 Å². The number of hydrogen-bond acceptors (Lipinski definition) is 1. The van der Waals surface area contributed by atoms with Crippen LogP contribution in [0.15, 0.2) is 22.7 Å². The fourth-order valence-corrected chi connectivity index (χ4v) is 3.22. The molecular formula is C14H18BrFO. The number of rotatable bonds is 1. The van der Waals surface area contributed by atoms with Gasteiger partial charge in [0.25, 0.3) is 0 Å². The fraction of sp³-hybridized carbons (Fsp3) is 0.571. The first-order valence-corrected chi connectivity index (χ1v) is 6.90. The van der Waals surface area contributed by atoms with E-state index in [0.29, 0.717) is 17.9 Å². The summed E-state index contributed by atoms with van der Waals surface area (Å²) in [5.41, 5.74) is -0.577. The average molecular weight is 301 g/mol. The number of halogens is 2. The van der Waals surface area contributed by atoms with Crippen LogP contribution in [0.2, 0.25) is 0 Å². The third-order valence-corrected chi connectivity index (χ3v) is 4.48. The van der Waals surface area contributed by atoms with Crippen molar-refractivity contribution >= 4 is 15.9 Å². The highest BCUT2D eigenvalue weighted by Gasteiger charge is 2.41. The van der Waals surface area contributed by atoms with Crippen LogP contribution in [0, 0.1) is 17.7 Å². The van der Waals surface area contributed by atoms with Gasteiger partial charge in [0.2, 0.25) is 0 Å². The van der Waals surface area contributed by atoms with Gasteiger partial charge in [-0.15, -0.1) is 0 Å². The van der Waals surface area contributed by atoms with E-state index in [2.05, 4.69) is 22.9 Å². The zero-order valence-electron chi connectivity index (χ0n) is 10.2. The standard InChI is InChI=1S/C14H18BrFO/c1-9-5-6-14(17,10(2)7-9)12-8-11(15)3-4-13(12)16/h3-4,8-10,17H,5-7H2,1-2H3. The summed E-state index contributed by atoms with van der Waals surface area (Å²) in [6.45, 7) is 4.20. The Bertz CT molecular complexity index is 421. The molecule has 1 aliphatic rings. The van der Waals surface area contributed by atoms with Crippen LogP contribution < -0.4 is 0 Å². The second-order valence-corrected chi connectivity index (χ2v) is 6.24. The van der Waals surface area contributed by atoms with Gasteiger partial charge in [-0.2, -0.15) is 0 Å². The summed E-state index contributed by atoms with van der Waals surface area (Å²) >= 11 is 3.34. The maximum absolute atomic E-state index is 13.9. The van der Waals surface area contributed by atoms with E-state index in [-0.39, 0.29) is 11.7 Å². The molecule has 0 heterocycles. The third kappa shape index (κ3) is 2.41. The lowest BCUT2D eigenvalue weighted by Crippen LogP contribution is -2.39. The average Bonchev–Trinajstić information content (AvgIpc) is 2.27. The van der Waals surface area contributed by atoms with Crippen molar-refractivity contribution in [3.05, 3.63) is 34.1 Å². The molecule has 3 atom stereocenters. The molecule has 0 radical (unpaired) electrons. The van der Waals surface area contributed by atoms with E-state index in [0.717, 1.165) is 17.3 Å². The van der Waals surface area contributed by atoms with E-state index in [1.165, 1.54) is 6.07 Å². The van der Waals surface area contributed by atoms with Crippen molar-refractivity contribution in [1.29, 1.82) is 0 Å². The Labute approximate surface area is 110 Å². The normalized spacial score (nSPS) is 33.7. The van der Waals surface area contributed by atoms with Gasteiger partial charge in [0.05, 0.1) is 5.60 Å². The molecule has 3 unspecified atom stereocenters. The Morgan fingerprint density at radius 3 is 2.76 bits per heavy atom. The number of benzene rings is 1. The van der Waals surface area contributed by atoms with Gasteiger partial charge in [-0.25, -0.2) is 4.39 Å². The summed E-state index contributed by atoms with van der Waals surface area (Å²) in [5, 5.41) is 10.8. The van der Waals surface area contributed by atoms with Crippen molar-refractivity contribution in [2.24, 2.45) is 11.8 Å². The molecule has 0 aromatic heterocycles. The molecule has 0 saturated heterocycles. The SMILES string of the molecule is CC1CCC(O)(c2cc(Br)ccc2F)C(C)C1. The summed E-state index contributed by atoms with van der Waals surface area (Å²) < 4.78 is 14.7. The first kappa shape index (κ1) is 13.0. The Balaban J connectivity index is 2.40. The zero-order chi connectivity index (χ0) is 12.6. The molecule has 17 heavy (non-hydrogen) atoms. The van der Waals surface area contributed by atoms with Gasteiger partial charge < -0.3 is 5.11 Å². The minimum atomic E-state index is -1.01. The molecule has 1 aliphatic carbocycles. The molecule has 94 valence electrons. The molecule has 2 rings (SSSR count). The smallest absolute Gasteiger partial charge is 0.129 e. The second-order valence-electron chi connectivity index (χ2n) is 5.33. The van der Waals surface area contributed by atoms with E-state index in [9.17, 15) is 9.50 Å². The van der Waals surface area contributed by atoms with Gasteiger partial charge >= 0.3 is 0 Å². The van der Waals surface area contributed by atoms with Gasteiger partial charge in [-0.3, -0.25) is 0 Å². The summed E-state index contributed by atoms with van der Waals surface area (Å²) in [7, 11) is 0. The number of aliphatic hydroxyl groups is 1. The van der Waals surface area contributed by atoms with Crippen LogP contribution in [0.1, 0.15) is 38.7 Å². The monoisotopic (exact) mass is 300 g/mol. The van der Waals surface area contributed by atoms with E-state index in [1.54, 1.807) is 12.1 Å². The van der Waals surface area contributed by atoms with E-state index in [4.69, 9.17) is 0 Å². The molecule has 1 nitrogen and oxygen atoms in total. The van der Waals surface area contributed by atoms with Crippen LogP contribution in [0.3, 0.4) is 0 Å². The largest absolute Gasteiger partial charge is 0.385 e. The minimum Gasteiger partial charge on any atom is -0.385 e. The fourth-order valence-electron chi connectivity index (χ4n) is 2.86. The molecule has 1 N–H and O–H groups in total. The molecule has 1 aromatic rings. The Hall–Kier alpha value is -0.410. The predicted molar refractivity (Wildman–Crippen MR) is 70.2 cm³/mol. The maximum atomic E-state index is 13.9. The van der Waals surface area contributed by atoms with Crippen LogP contribution >= 0.6 is 15.9 Å². The first-order valence-electron chi connectivity index (χ1n) is 6.11. The van der Waals surface area contributed by atoms with Crippen molar-refractivity contribution in [2.75, 3.05) is 0 Å². The number of hydrogen-bond donors (Lipinski definition) is 1. The van der Waals surface area contributed by atoms with Gasteiger partial charge in [0.15, 0.2) is 0 Å². The van der Waals surface area contributed by atoms with Crippen LogP contribution in [0.5, 0.6) is 0 Å². The van der Waals surface area contributed by atoms with Crippen molar-refractivity contribution in [3.8, 4) is 0 Å². The first-order chi connectivity index (χ1) is 7.93. The summed E-state index contributed by atoms with van der Waals surface area (Å²) in [6.07, 6.45) is 2.54. The Morgan fingerprint density at radius 2 is 2.12 bits per heavy atom. The highest BCUT2D eigenvalue weighted by molar-refractivity contribution is 9.10. The highest BCUT2D eigenvalue weighted by Crippen LogP contribution is 2.44. The zero-order valence-corrected chi connectivity index (χ0v) is 11.8. The van der Waals surface area contributed by atoms with Gasteiger partial charge in [-0.05, 0) is 49.3 Å². The molecule has 0 aliphatic heterocycles. The van der Waals surface area contributed by atoms with Crippen LogP contribution in [0.25, 0.3) is 0 Å². The summed E-state index contributed by atoms with van der Waals surface area (Å²) in [4.78, 5) is 0. The van der Waals surface area contributed by atoms with E-state index >= 15 is 0 Å². The molecule has 1 saturated carbocycles. The third-order valence-electron chi connectivity index (χ3n) is 3.98. The Morgan fingerprint density at radius 1 is 1.41 bits per heavy atom. The van der Waals surface area contributed by atoms with E-state index < -0.39 is 5.60 Å². The van der Waals surface area contributed by atoms with Gasteiger partial charge in [0, 0.05) is 10.0 Å². The summed E-state index contributed by atoms with van der Waals surface area (Å²) in [5.74, 6) is 0.396. The van der Waals surface area contributed by atoms with Crippen LogP contribution in [-0.4, -0.2) is 5.11 Å². The van der Waals surface area contributed by atoms with Crippen LogP contribution in [0.4, 0.5) is 4.39 Å². The van der Waals surface area contributed by atoms with Gasteiger partial charge in [0.1, 0.15) is 5.82 Å². The molecule has 1 aromatic carbocycles. The van der Waals surface area contributed by atoms with Crippen molar-refractivity contribution < 1.29 is 9.50 Å². The minimum absolute atomic E-state index is 0.0926. The van der Waals surface area contributed by atoms with Crippen molar-refractivity contribution in [1.82, 2.24) is 0 Å². The molecule has 1 fully saturated rings. The van der Waals surface area contributed by atoms with Crippen molar-refractivity contribution in [2.45, 2.75) is 38.7 Å². The van der Waals surface area contributed by atoms with Crippen LogP contribution in [-0.2, 0) is 5.60 Å². The topological polar surface area (TPSA) is 20.2 Å². The molecule has 0 amide bonds. The molecule has 0 bridgehead atoms. The molecule has 3 heteroatoms. The van der Waals surface area contributed by atoms with E-state index in [1.807, 2.05) is 6.92 Å². The quantitative estimate of drug-likeness (QED) is 0.823. The predicted octanol–water partition coefficient (Wildman–Crippen LogP) is 4.23. The lowest BCUT2D eigenvalue weighted by Gasteiger charge is -2.41. The summed E-state index contributed by atoms with van der Waals surface area (Å²) in [6, 6.07) is 4.79. The highest BCUT2D eigenvalue weighted by atomic mass is 79.9. The van der Waals surface area contributed by atoms with Gasteiger partial charge in [-0.1, -0.05) is 29.8 Å². The second kappa shape index (κ2) is 4.69. The maximum Gasteiger partial charge on any atom is 0.129 e. The lowest BCUT2D eigenvalue weighted by molar-refractivity contribution is -0.0613. The lowest BCUT2D eigenvalue weighted by atomic mass is 9.69.